The van der Waals surface area contributed by atoms with E-state index in [0.29, 0.717) is 0 Å². The van der Waals surface area contributed by atoms with Crippen LogP contribution in [0.1, 0.15) is 5.56 Å². The van der Waals surface area contributed by atoms with Crippen molar-refractivity contribution in [3.8, 4) is 0 Å². The maximum atomic E-state index is 3.68. The smallest absolute Gasteiger partial charge is 0.0130 e. The molecule has 0 unspecified atom stereocenters. The van der Waals surface area contributed by atoms with Gasteiger partial charge in [0, 0.05) is 3.57 Å². The van der Waals surface area contributed by atoms with Crippen LogP contribution in [-0.4, -0.2) is 0 Å². The Morgan fingerprint density at radius 3 is 2.40 bits per heavy atom. The second kappa shape index (κ2) is 3.76. The van der Waals surface area contributed by atoms with Crippen LogP contribution in [0.4, 0.5) is 0 Å². The van der Waals surface area contributed by atoms with E-state index in [-0.39, 0.29) is 0 Å². The second-order valence-electron chi connectivity index (χ2n) is 2.12. The van der Waals surface area contributed by atoms with Crippen molar-refractivity contribution >= 4 is 22.6 Å². The van der Waals surface area contributed by atoms with Gasteiger partial charge in [0.1, 0.15) is 0 Å². The largest absolute Gasteiger partial charge is 0.103 e. The topological polar surface area (TPSA) is 0 Å². The monoisotopic (exact) mass is 244 g/mol. The Labute approximate surface area is 75.1 Å². The normalized spacial score (nSPS) is 9.30. The number of allylic oxidation sites excluding steroid dienone is 1. The Kier molecular flexibility index (Phi) is 2.93. The zero-order valence-electron chi connectivity index (χ0n) is 5.68. The molecule has 0 fully saturated rings. The lowest BCUT2D eigenvalue weighted by molar-refractivity contribution is 1.27. The molecule has 0 spiro atoms. The average Bonchev–Trinajstić information content (AvgIpc) is 1.95. The summed E-state index contributed by atoms with van der Waals surface area (Å²) in [5, 5.41) is 0. The van der Waals surface area contributed by atoms with Crippen LogP contribution in [0.25, 0.3) is 0 Å². The Hall–Kier alpha value is -0.310. The third kappa shape index (κ3) is 2.14. The van der Waals surface area contributed by atoms with E-state index in [9.17, 15) is 0 Å². The fourth-order valence-corrected chi connectivity index (χ4v) is 1.15. The maximum absolute atomic E-state index is 3.68. The molecule has 0 heterocycles. The molecule has 0 amide bonds. The third-order valence-corrected chi connectivity index (χ3v) is 2.01. The predicted molar refractivity (Wildman–Crippen MR) is 53.1 cm³/mol. The van der Waals surface area contributed by atoms with Crippen LogP contribution in [-0.2, 0) is 6.42 Å². The molecule has 52 valence electrons. The Bertz CT molecular complexity index is 211. The number of hydrogen-bond donors (Lipinski definition) is 0. The van der Waals surface area contributed by atoms with E-state index in [1.807, 2.05) is 6.08 Å². The van der Waals surface area contributed by atoms with Crippen LogP contribution < -0.4 is 0 Å². The Morgan fingerprint density at radius 1 is 1.30 bits per heavy atom. The summed E-state index contributed by atoms with van der Waals surface area (Å²) in [6, 6.07) is 8.48. The van der Waals surface area contributed by atoms with Gasteiger partial charge in [-0.3, -0.25) is 0 Å². The quantitative estimate of drug-likeness (QED) is 0.554. The van der Waals surface area contributed by atoms with E-state index in [1.165, 1.54) is 9.13 Å². The molecule has 0 saturated carbocycles. The van der Waals surface area contributed by atoms with Gasteiger partial charge in [0.2, 0.25) is 0 Å². The zero-order valence-corrected chi connectivity index (χ0v) is 7.84. The highest BCUT2D eigenvalue weighted by molar-refractivity contribution is 14.1. The van der Waals surface area contributed by atoms with Gasteiger partial charge in [0.15, 0.2) is 0 Å². The molecule has 0 aliphatic rings. The van der Waals surface area contributed by atoms with Crippen LogP contribution in [0.3, 0.4) is 0 Å². The van der Waals surface area contributed by atoms with Gasteiger partial charge < -0.3 is 0 Å². The number of hydrogen-bond acceptors (Lipinski definition) is 0. The van der Waals surface area contributed by atoms with E-state index in [4.69, 9.17) is 0 Å². The Morgan fingerprint density at radius 2 is 1.90 bits per heavy atom. The van der Waals surface area contributed by atoms with Crippen molar-refractivity contribution < 1.29 is 0 Å². The van der Waals surface area contributed by atoms with Crippen molar-refractivity contribution in [1.29, 1.82) is 0 Å². The summed E-state index contributed by atoms with van der Waals surface area (Å²) in [6.07, 6.45) is 2.89. The van der Waals surface area contributed by atoms with E-state index in [2.05, 4.69) is 53.4 Å². The van der Waals surface area contributed by atoms with Crippen LogP contribution in [0.2, 0.25) is 0 Å². The van der Waals surface area contributed by atoms with Crippen molar-refractivity contribution in [1.82, 2.24) is 0 Å². The Balaban J connectivity index is 2.78. The molecule has 0 atom stereocenters. The molecule has 0 aliphatic carbocycles. The highest BCUT2D eigenvalue weighted by Crippen LogP contribution is 2.06. The van der Waals surface area contributed by atoms with Crippen molar-refractivity contribution in [2.24, 2.45) is 0 Å². The van der Waals surface area contributed by atoms with Gasteiger partial charge in [-0.25, -0.2) is 0 Å². The molecule has 1 aromatic rings. The highest BCUT2D eigenvalue weighted by atomic mass is 127. The summed E-state index contributed by atoms with van der Waals surface area (Å²) in [5.41, 5.74) is 1.33. The molecule has 1 heteroatoms. The molecular formula is C9H9I. The van der Waals surface area contributed by atoms with Crippen LogP contribution >= 0.6 is 22.6 Å². The predicted octanol–water partition coefficient (Wildman–Crippen LogP) is 3.02. The van der Waals surface area contributed by atoms with Gasteiger partial charge in [0.25, 0.3) is 0 Å². The van der Waals surface area contributed by atoms with E-state index in [0.717, 1.165) is 6.42 Å². The van der Waals surface area contributed by atoms with Crippen molar-refractivity contribution in [2.75, 3.05) is 0 Å². The molecule has 1 aromatic carbocycles. The molecule has 0 nitrogen and oxygen atoms in total. The number of halogens is 1. The van der Waals surface area contributed by atoms with E-state index < -0.39 is 0 Å². The summed E-state index contributed by atoms with van der Waals surface area (Å²) in [5.74, 6) is 0. The fourth-order valence-electron chi connectivity index (χ4n) is 0.787. The summed E-state index contributed by atoms with van der Waals surface area (Å²) in [6.45, 7) is 3.68. The first kappa shape index (κ1) is 7.79. The van der Waals surface area contributed by atoms with E-state index >= 15 is 0 Å². The second-order valence-corrected chi connectivity index (χ2v) is 3.36. The number of benzene rings is 1. The fraction of sp³-hybridized carbons (Fsp3) is 0.111. The molecule has 0 radical (unpaired) electrons. The lowest BCUT2D eigenvalue weighted by Crippen LogP contribution is -1.78. The molecule has 0 saturated heterocycles. The maximum Gasteiger partial charge on any atom is 0.0130 e. The first-order valence-corrected chi connectivity index (χ1v) is 4.26. The number of rotatable bonds is 2. The minimum absolute atomic E-state index is 0.969. The van der Waals surface area contributed by atoms with Crippen molar-refractivity contribution in [3.05, 3.63) is 46.1 Å². The summed E-state index contributed by atoms with van der Waals surface area (Å²) < 4.78 is 1.28. The van der Waals surface area contributed by atoms with Crippen molar-refractivity contribution in [2.45, 2.75) is 6.42 Å². The van der Waals surface area contributed by atoms with Crippen LogP contribution in [0.15, 0.2) is 36.9 Å². The third-order valence-electron chi connectivity index (χ3n) is 1.29. The van der Waals surface area contributed by atoms with Gasteiger partial charge >= 0.3 is 0 Å². The summed E-state index contributed by atoms with van der Waals surface area (Å²) in [4.78, 5) is 0. The first-order chi connectivity index (χ1) is 4.83. The average molecular weight is 244 g/mol. The molecule has 1 rings (SSSR count). The van der Waals surface area contributed by atoms with Gasteiger partial charge in [-0.15, -0.1) is 6.58 Å². The van der Waals surface area contributed by atoms with Gasteiger partial charge in [0.05, 0.1) is 0 Å². The standard InChI is InChI=1S/C9H9I/c1-2-3-8-4-6-9(10)7-5-8/h2,4-7H,1,3H2. The van der Waals surface area contributed by atoms with Gasteiger partial charge in [-0.05, 0) is 46.7 Å². The molecule has 0 aliphatic heterocycles. The van der Waals surface area contributed by atoms with Crippen LogP contribution in [0.5, 0.6) is 0 Å². The highest BCUT2D eigenvalue weighted by Gasteiger charge is 1.87. The minimum atomic E-state index is 0.969. The molecular weight excluding hydrogens is 235 g/mol. The van der Waals surface area contributed by atoms with E-state index in [1.54, 1.807) is 0 Å². The molecule has 0 bridgehead atoms. The molecule has 10 heavy (non-hydrogen) atoms. The SMILES string of the molecule is C=CCc1ccc(I)cc1. The van der Waals surface area contributed by atoms with Gasteiger partial charge in [-0.2, -0.15) is 0 Å². The first-order valence-electron chi connectivity index (χ1n) is 3.18. The lowest BCUT2D eigenvalue weighted by Gasteiger charge is -1.94. The van der Waals surface area contributed by atoms with Gasteiger partial charge in [-0.1, -0.05) is 18.2 Å². The zero-order chi connectivity index (χ0) is 7.40. The summed E-state index contributed by atoms with van der Waals surface area (Å²) >= 11 is 2.30. The molecule has 0 aromatic heterocycles. The molecule has 0 N–H and O–H groups in total. The van der Waals surface area contributed by atoms with Crippen LogP contribution in [0, 0.1) is 3.57 Å². The minimum Gasteiger partial charge on any atom is -0.103 e. The van der Waals surface area contributed by atoms with Crippen molar-refractivity contribution in [3.63, 3.8) is 0 Å². The lowest BCUT2D eigenvalue weighted by atomic mass is 10.2. The summed E-state index contributed by atoms with van der Waals surface area (Å²) in [7, 11) is 0.